The molecule has 0 saturated carbocycles. The van der Waals surface area contributed by atoms with Gasteiger partial charge in [-0.15, -0.1) is 11.3 Å². The fourth-order valence-electron chi connectivity index (χ4n) is 3.82. The molecule has 0 aliphatic heterocycles. The van der Waals surface area contributed by atoms with E-state index >= 15 is 0 Å². The van der Waals surface area contributed by atoms with Gasteiger partial charge in [-0.2, -0.15) is 0 Å². The molecule has 2 heterocycles. The van der Waals surface area contributed by atoms with Crippen molar-refractivity contribution in [1.29, 1.82) is 0 Å². The monoisotopic (exact) mass is 470 g/mol. The van der Waals surface area contributed by atoms with E-state index in [2.05, 4.69) is 10.3 Å². The first-order valence-electron chi connectivity index (χ1n) is 10.6. The minimum absolute atomic E-state index is 0.0940. The second-order valence-electron chi connectivity index (χ2n) is 7.75. The smallest absolute Gasteiger partial charge is 0.265 e. The number of nitrogens with one attached hydrogen (secondary N) is 1. The number of thiophene rings is 1. The van der Waals surface area contributed by atoms with Gasteiger partial charge in [0, 0.05) is 23.3 Å². The van der Waals surface area contributed by atoms with Crippen LogP contribution >= 0.6 is 11.3 Å². The Morgan fingerprint density at radius 2 is 1.65 bits per heavy atom. The number of methoxy groups -OCH3 is 2. The predicted octanol–water partition coefficient (Wildman–Crippen LogP) is 6.82. The largest absolute Gasteiger partial charge is 0.493 e. The Balaban J connectivity index is 1.42. The lowest BCUT2D eigenvalue weighted by Gasteiger charge is -2.13. The van der Waals surface area contributed by atoms with E-state index in [0.29, 0.717) is 23.0 Å². The number of aromatic nitrogens is 1. The van der Waals surface area contributed by atoms with Crippen LogP contribution < -0.4 is 19.5 Å². The molecule has 0 bridgehead atoms. The quantitative estimate of drug-likeness (QED) is 0.295. The zero-order valence-corrected chi connectivity index (χ0v) is 19.7. The van der Waals surface area contributed by atoms with Gasteiger partial charge in [0.15, 0.2) is 11.5 Å². The van der Waals surface area contributed by atoms with E-state index in [-0.39, 0.29) is 5.91 Å². The molecule has 0 unspecified atom stereocenters. The van der Waals surface area contributed by atoms with Gasteiger partial charge in [0.05, 0.1) is 24.6 Å². The maximum atomic E-state index is 12.5. The maximum absolute atomic E-state index is 12.5. The SMILES string of the molecule is COc1cc2nccc(Oc3ccc4cc(NC(=O)c5sccc5C)ccc4c3)c2cc1OC. The highest BCUT2D eigenvalue weighted by Gasteiger charge is 2.13. The minimum Gasteiger partial charge on any atom is -0.493 e. The number of carbonyl (C=O) groups excluding carboxylic acids is 1. The van der Waals surface area contributed by atoms with Gasteiger partial charge < -0.3 is 19.5 Å². The Bertz CT molecular complexity index is 1530. The van der Waals surface area contributed by atoms with E-state index < -0.39 is 0 Å². The fourth-order valence-corrected chi connectivity index (χ4v) is 4.64. The lowest BCUT2D eigenvalue weighted by Crippen LogP contribution is -2.11. The van der Waals surface area contributed by atoms with Gasteiger partial charge in [-0.1, -0.05) is 12.1 Å². The van der Waals surface area contributed by atoms with E-state index in [9.17, 15) is 4.79 Å². The van der Waals surface area contributed by atoms with Crippen molar-refractivity contribution in [2.75, 3.05) is 19.5 Å². The van der Waals surface area contributed by atoms with Crippen LogP contribution in [-0.4, -0.2) is 25.1 Å². The van der Waals surface area contributed by atoms with Crippen molar-refractivity contribution < 1.29 is 19.0 Å². The minimum atomic E-state index is -0.0940. The molecule has 7 heteroatoms. The second kappa shape index (κ2) is 9.03. The third-order valence-electron chi connectivity index (χ3n) is 5.57. The van der Waals surface area contributed by atoms with E-state index in [1.54, 1.807) is 20.4 Å². The average molecular weight is 471 g/mol. The predicted molar refractivity (Wildman–Crippen MR) is 136 cm³/mol. The molecule has 34 heavy (non-hydrogen) atoms. The average Bonchev–Trinajstić information content (AvgIpc) is 3.29. The zero-order valence-electron chi connectivity index (χ0n) is 18.9. The van der Waals surface area contributed by atoms with Crippen molar-refractivity contribution in [3.63, 3.8) is 0 Å². The molecule has 2 aromatic heterocycles. The highest BCUT2D eigenvalue weighted by Crippen LogP contribution is 2.37. The molecule has 1 N–H and O–H groups in total. The Morgan fingerprint density at radius 3 is 2.41 bits per heavy atom. The second-order valence-corrected chi connectivity index (χ2v) is 8.66. The third kappa shape index (κ3) is 4.13. The highest BCUT2D eigenvalue weighted by molar-refractivity contribution is 7.12. The molecule has 0 aliphatic rings. The number of benzene rings is 3. The van der Waals surface area contributed by atoms with Gasteiger partial charge in [-0.25, -0.2) is 0 Å². The molecule has 170 valence electrons. The first-order chi connectivity index (χ1) is 16.6. The lowest BCUT2D eigenvalue weighted by atomic mass is 10.1. The molecular formula is C27H22N2O4S. The number of fused-ring (bicyclic) bond motifs is 2. The molecule has 1 amide bonds. The van der Waals surface area contributed by atoms with Crippen LogP contribution in [0.3, 0.4) is 0 Å². The highest BCUT2D eigenvalue weighted by atomic mass is 32.1. The Kier molecular flexibility index (Phi) is 5.77. The van der Waals surface area contributed by atoms with Gasteiger partial charge in [0.1, 0.15) is 11.5 Å². The number of amides is 1. The number of hydrogen-bond donors (Lipinski definition) is 1. The van der Waals surface area contributed by atoms with Crippen LogP contribution in [0, 0.1) is 6.92 Å². The van der Waals surface area contributed by atoms with Crippen LogP contribution in [0.2, 0.25) is 0 Å². The molecule has 3 aromatic carbocycles. The van der Waals surface area contributed by atoms with Crippen LogP contribution in [0.1, 0.15) is 15.2 Å². The summed E-state index contributed by atoms with van der Waals surface area (Å²) >= 11 is 1.44. The number of anilines is 1. The van der Waals surface area contributed by atoms with Crippen LogP contribution in [0.25, 0.3) is 21.7 Å². The fraction of sp³-hybridized carbons (Fsp3) is 0.111. The van der Waals surface area contributed by atoms with E-state index in [1.807, 2.05) is 73.0 Å². The zero-order chi connectivity index (χ0) is 23.7. The van der Waals surface area contributed by atoms with E-state index in [0.717, 1.165) is 37.8 Å². The summed E-state index contributed by atoms with van der Waals surface area (Å²) in [5.41, 5.74) is 2.47. The van der Waals surface area contributed by atoms with Gasteiger partial charge in [-0.3, -0.25) is 9.78 Å². The molecule has 0 aliphatic carbocycles. The summed E-state index contributed by atoms with van der Waals surface area (Å²) in [6, 6.07) is 19.1. The summed E-state index contributed by atoms with van der Waals surface area (Å²) in [6.07, 6.45) is 1.70. The topological polar surface area (TPSA) is 69.7 Å². The van der Waals surface area contributed by atoms with Gasteiger partial charge >= 0.3 is 0 Å². The van der Waals surface area contributed by atoms with Gasteiger partial charge in [0.2, 0.25) is 0 Å². The van der Waals surface area contributed by atoms with Crippen LogP contribution in [0.15, 0.2) is 72.2 Å². The van der Waals surface area contributed by atoms with Gasteiger partial charge in [-0.05, 0) is 71.1 Å². The number of ether oxygens (including phenoxy) is 3. The summed E-state index contributed by atoms with van der Waals surface area (Å²) in [7, 11) is 3.20. The summed E-state index contributed by atoms with van der Waals surface area (Å²) in [5, 5.41) is 7.73. The summed E-state index contributed by atoms with van der Waals surface area (Å²) in [6.45, 7) is 1.94. The third-order valence-corrected chi connectivity index (χ3v) is 6.59. The summed E-state index contributed by atoms with van der Waals surface area (Å²) in [4.78, 5) is 17.7. The first kappa shape index (κ1) is 21.7. The van der Waals surface area contributed by atoms with Gasteiger partial charge in [0.25, 0.3) is 5.91 Å². The normalized spacial score (nSPS) is 10.9. The lowest BCUT2D eigenvalue weighted by molar-refractivity contribution is 0.103. The van der Waals surface area contributed by atoms with Crippen molar-refractivity contribution in [3.8, 4) is 23.0 Å². The standard InChI is InChI=1S/C27H22N2O4S/c1-16-9-11-34-26(16)27(30)29-19-6-4-18-13-20(7-5-17(18)12-19)33-23-8-10-28-22-15-25(32-3)24(31-2)14-21(22)23/h4-15H,1-3H3,(H,29,30). The molecule has 0 radical (unpaired) electrons. The van der Waals surface area contributed by atoms with E-state index in [4.69, 9.17) is 14.2 Å². The van der Waals surface area contributed by atoms with Crippen molar-refractivity contribution in [1.82, 2.24) is 4.98 Å². The van der Waals surface area contributed by atoms with Crippen molar-refractivity contribution in [2.45, 2.75) is 6.92 Å². The molecule has 5 rings (SSSR count). The van der Waals surface area contributed by atoms with Crippen LogP contribution in [0.4, 0.5) is 5.69 Å². The molecule has 5 aromatic rings. The number of pyridine rings is 1. The first-order valence-corrected chi connectivity index (χ1v) is 11.5. The molecule has 0 saturated heterocycles. The Labute approximate surface area is 200 Å². The summed E-state index contributed by atoms with van der Waals surface area (Å²) in [5.74, 6) is 2.49. The Morgan fingerprint density at radius 1 is 0.882 bits per heavy atom. The molecule has 0 spiro atoms. The van der Waals surface area contributed by atoms with Crippen LogP contribution in [0.5, 0.6) is 23.0 Å². The molecular weight excluding hydrogens is 448 g/mol. The number of rotatable bonds is 6. The van der Waals surface area contributed by atoms with Crippen molar-refractivity contribution in [2.24, 2.45) is 0 Å². The molecule has 0 fully saturated rings. The van der Waals surface area contributed by atoms with Crippen molar-refractivity contribution in [3.05, 3.63) is 82.7 Å². The van der Waals surface area contributed by atoms with Crippen molar-refractivity contribution >= 4 is 44.6 Å². The number of hydrogen-bond acceptors (Lipinski definition) is 6. The summed E-state index contributed by atoms with van der Waals surface area (Å²) < 4.78 is 17.0. The number of aryl methyl sites for hydroxylation is 1. The molecule has 6 nitrogen and oxygen atoms in total. The van der Waals surface area contributed by atoms with E-state index in [1.165, 1.54) is 11.3 Å². The number of nitrogens with zero attached hydrogens (tertiary/aromatic N) is 1. The molecule has 0 atom stereocenters. The Hall–Kier alpha value is -4.10. The number of carbonyl (C=O) groups is 1. The maximum Gasteiger partial charge on any atom is 0.265 e. The van der Waals surface area contributed by atoms with Crippen LogP contribution in [-0.2, 0) is 0 Å².